The van der Waals surface area contributed by atoms with Gasteiger partial charge in [0.15, 0.2) is 11.6 Å². The SMILES string of the molecule is Cc1c(F)cc(-c2ccc(CNCC(=O)OC(C)(C)C)cc2)c(F)c1F. The number of esters is 1. The highest BCUT2D eigenvalue weighted by atomic mass is 19.2. The minimum atomic E-state index is -1.18. The Balaban J connectivity index is 2.02. The molecule has 2 aromatic carbocycles. The molecule has 140 valence electrons. The summed E-state index contributed by atoms with van der Waals surface area (Å²) >= 11 is 0. The highest BCUT2D eigenvalue weighted by molar-refractivity contribution is 5.72. The summed E-state index contributed by atoms with van der Waals surface area (Å²) in [4.78, 5) is 11.6. The predicted molar refractivity (Wildman–Crippen MR) is 94.0 cm³/mol. The number of hydrogen-bond acceptors (Lipinski definition) is 3. The van der Waals surface area contributed by atoms with E-state index in [1.54, 1.807) is 45.0 Å². The third-order valence-electron chi connectivity index (χ3n) is 3.67. The first-order valence-corrected chi connectivity index (χ1v) is 8.24. The fourth-order valence-corrected chi connectivity index (χ4v) is 2.38. The summed E-state index contributed by atoms with van der Waals surface area (Å²) in [6.07, 6.45) is 0. The molecule has 0 fully saturated rings. The van der Waals surface area contributed by atoms with E-state index in [0.29, 0.717) is 12.1 Å². The van der Waals surface area contributed by atoms with Gasteiger partial charge >= 0.3 is 5.97 Å². The molecule has 2 aromatic rings. The van der Waals surface area contributed by atoms with Gasteiger partial charge in [-0.1, -0.05) is 24.3 Å². The standard InChI is InChI=1S/C20H22F3NO2/c1-12-16(21)9-15(19(23)18(12)22)14-7-5-13(6-8-14)10-24-11-17(25)26-20(2,3)4/h5-9,24H,10-11H2,1-4H3. The van der Waals surface area contributed by atoms with Crippen molar-refractivity contribution in [3.63, 3.8) is 0 Å². The van der Waals surface area contributed by atoms with Crippen molar-refractivity contribution in [1.29, 1.82) is 0 Å². The van der Waals surface area contributed by atoms with Gasteiger partial charge < -0.3 is 10.1 Å². The van der Waals surface area contributed by atoms with Crippen molar-refractivity contribution in [2.24, 2.45) is 0 Å². The van der Waals surface area contributed by atoms with E-state index >= 15 is 0 Å². The third kappa shape index (κ3) is 5.08. The van der Waals surface area contributed by atoms with Crippen LogP contribution in [0, 0.1) is 24.4 Å². The summed E-state index contributed by atoms with van der Waals surface area (Å²) in [6.45, 7) is 7.02. The fraction of sp³-hybridized carbons (Fsp3) is 0.350. The van der Waals surface area contributed by atoms with E-state index < -0.39 is 23.1 Å². The van der Waals surface area contributed by atoms with E-state index in [4.69, 9.17) is 4.74 Å². The average Bonchev–Trinajstić information content (AvgIpc) is 2.55. The van der Waals surface area contributed by atoms with Gasteiger partial charge in [-0.05, 0) is 44.9 Å². The number of halogens is 3. The van der Waals surface area contributed by atoms with Gasteiger partial charge in [-0.3, -0.25) is 4.79 Å². The summed E-state index contributed by atoms with van der Waals surface area (Å²) in [7, 11) is 0. The average molecular weight is 365 g/mol. The third-order valence-corrected chi connectivity index (χ3v) is 3.67. The van der Waals surface area contributed by atoms with Crippen molar-refractivity contribution in [2.45, 2.75) is 39.8 Å². The van der Waals surface area contributed by atoms with Crippen molar-refractivity contribution < 1.29 is 22.7 Å². The predicted octanol–water partition coefficient (Wildman–Crippen LogP) is 4.51. The Bertz CT molecular complexity index is 796. The van der Waals surface area contributed by atoms with Crippen LogP contribution in [0.1, 0.15) is 31.9 Å². The largest absolute Gasteiger partial charge is 0.459 e. The Kier molecular flexibility index (Phi) is 6.08. The second kappa shape index (κ2) is 7.91. The first-order chi connectivity index (χ1) is 12.1. The molecule has 0 aromatic heterocycles. The molecule has 0 aliphatic rings. The van der Waals surface area contributed by atoms with E-state index in [0.717, 1.165) is 11.6 Å². The Morgan fingerprint density at radius 3 is 2.27 bits per heavy atom. The van der Waals surface area contributed by atoms with Crippen molar-refractivity contribution in [3.05, 3.63) is 58.9 Å². The van der Waals surface area contributed by atoms with Crippen molar-refractivity contribution in [1.82, 2.24) is 5.32 Å². The van der Waals surface area contributed by atoms with Gasteiger partial charge in [-0.2, -0.15) is 0 Å². The number of nitrogens with one attached hydrogen (secondary N) is 1. The molecule has 1 N–H and O–H groups in total. The summed E-state index contributed by atoms with van der Waals surface area (Å²) < 4.78 is 46.6. The highest BCUT2D eigenvalue weighted by Crippen LogP contribution is 2.28. The fourth-order valence-electron chi connectivity index (χ4n) is 2.38. The zero-order valence-electron chi connectivity index (χ0n) is 15.3. The summed E-state index contributed by atoms with van der Waals surface area (Å²) in [5.74, 6) is -3.40. The van der Waals surface area contributed by atoms with Crippen molar-refractivity contribution in [2.75, 3.05) is 6.54 Å². The molecule has 0 heterocycles. The van der Waals surface area contributed by atoms with Crippen LogP contribution >= 0.6 is 0 Å². The van der Waals surface area contributed by atoms with Crippen molar-refractivity contribution >= 4 is 5.97 Å². The second-order valence-corrected chi connectivity index (χ2v) is 7.05. The van der Waals surface area contributed by atoms with Gasteiger partial charge in [-0.15, -0.1) is 0 Å². The molecule has 0 bridgehead atoms. The van der Waals surface area contributed by atoms with E-state index in [2.05, 4.69) is 5.32 Å². The van der Waals surface area contributed by atoms with Crippen LogP contribution < -0.4 is 5.32 Å². The minimum absolute atomic E-state index is 0.0576. The van der Waals surface area contributed by atoms with Gasteiger partial charge in [0.2, 0.25) is 0 Å². The first kappa shape index (κ1) is 20.0. The van der Waals surface area contributed by atoms with E-state index in [1.165, 1.54) is 6.92 Å². The van der Waals surface area contributed by atoms with Gasteiger partial charge in [0.1, 0.15) is 11.4 Å². The lowest BCUT2D eigenvalue weighted by molar-refractivity contribution is -0.153. The van der Waals surface area contributed by atoms with Gasteiger partial charge in [0.05, 0.1) is 6.54 Å². The van der Waals surface area contributed by atoms with E-state index in [1.807, 2.05) is 0 Å². The quantitative estimate of drug-likeness (QED) is 0.626. The maximum Gasteiger partial charge on any atom is 0.320 e. The van der Waals surface area contributed by atoms with E-state index in [9.17, 15) is 18.0 Å². The van der Waals surface area contributed by atoms with E-state index in [-0.39, 0.29) is 23.6 Å². The van der Waals surface area contributed by atoms with Crippen LogP contribution in [0.5, 0.6) is 0 Å². The molecule has 0 amide bonds. The molecule has 26 heavy (non-hydrogen) atoms. The maximum atomic E-state index is 14.1. The Morgan fingerprint density at radius 1 is 1.08 bits per heavy atom. The normalized spacial score (nSPS) is 11.5. The second-order valence-electron chi connectivity index (χ2n) is 7.05. The minimum Gasteiger partial charge on any atom is -0.459 e. The molecule has 0 aliphatic carbocycles. The molecule has 0 unspecified atom stereocenters. The first-order valence-electron chi connectivity index (χ1n) is 8.24. The topological polar surface area (TPSA) is 38.3 Å². The smallest absolute Gasteiger partial charge is 0.320 e. The molecule has 2 rings (SSSR count). The monoisotopic (exact) mass is 365 g/mol. The lowest BCUT2D eigenvalue weighted by Crippen LogP contribution is -2.31. The molecule has 0 spiro atoms. The molecular formula is C20H22F3NO2. The molecule has 3 nitrogen and oxygen atoms in total. The van der Waals surface area contributed by atoms with Gasteiger partial charge in [0.25, 0.3) is 0 Å². The molecule has 0 saturated heterocycles. The molecule has 6 heteroatoms. The molecular weight excluding hydrogens is 343 g/mol. The molecule has 0 radical (unpaired) electrons. The van der Waals surface area contributed by atoms with Crippen LogP contribution in [0.4, 0.5) is 13.2 Å². The molecule has 0 atom stereocenters. The number of hydrogen-bond donors (Lipinski definition) is 1. The van der Waals surface area contributed by atoms with Gasteiger partial charge in [0, 0.05) is 17.7 Å². The van der Waals surface area contributed by atoms with Crippen LogP contribution in [0.25, 0.3) is 11.1 Å². The zero-order valence-corrected chi connectivity index (χ0v) is 15.3. The summed E-state index contributed by atoms with van der Waals surface area (Å²) in [6, 6.07) is 7.55. The Hall–Kier alpha value is -2.34. The molecule has 0 aliphatic heterocycles. The Morgan fingerprint density at radius 2 is 1.69 bits per heavy atom. The number of carbonyl (C=O) groups excluding carboxylic acids is 1. The van der Waals surface area contributed by atoms with Crippen molar-refractivity contribution in [3.8, 4) is 11.1 Å². The lowest BCUT2D eigenvalue weighted by Gasteiger charge is -2.19. The zero-order chi connectivity index (χ0) is 19.5. The number of carbonyl (C=O) groups is 1. The van der Waals surface area contributed by atoms with Gasteiger partial charge in [-0.25, -0.2) is 13.2 Å². The van der Waals surface area contributed by atoms with Crippen LogP contribution in [0.3, 0.4) is 0 Å². The lowest BCUT2D eigenvalue weighted by atomic mass is 10.0. The molecule has 0 saturated carbocycles. The number of rotatable bonds is 5. The Labute approximate surface area is 151 Å². The summed E-state index contributed by atoms with van der Waals surface area (Å²) in [5, 5.41) is 2.95. The van der Waals surface area contributed by atoms with Crippen LogP contribution in [0.15, 0.2) is 30.3 Å². The number of benzene rings is 2. The summed E-state index contributed by atoms with van der Waals surface area (Å²) in [5.41, 5.74) is 0.207. The van der Waals surface area contributed by atoms with Crippen LogP contribution in [0.2, 0.25) is 0 Å². The maximum absolute atomic E-state index is 14.1. The highest BCUT2D eigenvalue weighted by Gasteiger charge is 2.17. The van der Waals surface area contributed by atoms with Crippen LogP contribution in [-0.2, 0) is 16.1 Å². The van der Waals surface area contributed by atoms with Crippen LogP contribution in [-0.4, -0.2) is 18.1 Å². The number of ether oxygens (including phenoxy) is 1.